The second kappa shape index (κ2) is 2.84. The van der Waals surface area contributed by atoms with Crippen LogP contribution in [0.25, 0.3) is 0 Å². The molecule has 1 aliphatic heterocycles. The lowest BCUT2D eigenvalue weighted by molar-refractivity contribution is 0.183. The topological polar surface area (TPSA) is 33.0 Å². The van der Waals surface area contributed by atoms with Crippen LogP contribution in [0.1, 0.15) is 13.3 Å². The Morgan fingerprint density at radius 1 is 1.67 bits per heavy atom. The summed E-state index contributed by atoms with van der Waals surface area (Å²) >= 11 is 0. The van der Waals surface area contributed by atoms with E-state index < -0.39 is 0 Å². The zero-order valence-electron chi connectivity index (χ0n) is 5.63. The molecule has 0 bridgehead atoms. The summed E-state index contributed by atoms with van der Waals surface area (Å²) in [4.78, 5) is 0. The van der Waals surface area contributed by atoms with Crippen LogP contribution < -0.4 is 0 Å². The molecule has 0 saturated carbocycles. The molecule has 2 atom stereocenters. The summed E-state index contributed by atoms with van der Waals surface area (Å²) in [7, 11) is 0. The maximum atomic E-state index is 8.54. The molecule has 2 heteroatoms. The van der Waals surface area contributed by atoms with Gasteiger partial charge in [-0.1, -0.05) is 6.92 Å². The summed E-state index contributed by atoms with van der Waals surface area (Å²) in [6.45, 7) is 3.54. The van der Waals surface area contributed by atoms with Crippen molar-refractivity contribution in [3.63, 3.8) is 0 Å². The SMILES string of the molecule is CCC1COCC1C#N. The summed E-state index contributed by atoms with van der Waals surface area (Å²) in [6, 6.07) is 2.24. The maximum Gasteiger partial charge on any atom is 0.0747 e. The van der Waals surface area contributed by atoms with E-state index in [9.17, 15) is 0 Å². The predicted molar refractivity (Wildman–Crippen MR) is 33.7 cm³/mol. The summed E-state index contributed by atoms with van der Waals surface area (Å²) in [5.41, 5.74) is 0. The molecule has 0 aromatic heterocycles. The number of hydrogen-bond acceptors (Lipinski definition) is 2. The molecule has 1 fully saturated rings. The molecule has 50 valence electrons. The van der Waals surface area contributed by atoms with E-state index in [1.807, 2.05) is 0 Å². The van der Waals surface area contributed by atoms with Crippen molar-refractivity contribution in [2.24, 2.45) is 11.8 Å². The lowest BCUT2D eigenvalue weighted by Gasteiger charge is -2.04. The molecule has 0 aromatic rings. The summed E-state index contributed by atoms with van der Waals surface area (Å²) in [5, 5.41) is 8.54. The van der Waals surface area contributed by atoms with E-state index >= 15 is 0 Å². The molecule has 1 saturated heterocycles. The van der Waals surface area contributed by atoms with E-state index in [2.05, 4.69) is 13.0 Å². The van der Waals surface area contributed by atoms with Crippen LogP contribution in [0, 0.1) is 23.2 Å². The maximum absolute atomic E-state index is 8.54. The van der Waals surface area contributed by atoms with Gasteiger partial charge >= 0.3 is 0 Å². The lowest BCUT2D eigenvalue weighted by atomic mass is 9.95. The highest BCUT2D eigenvalue weighted by Crippen LogP contribution is 2.22. The number of nitrogens with zero attached hydrogens (tertiary/aromatic N) is 1. The Bertz CT molecular complexity index is 127. The average molecular weight is 125 g/mol. The van der Waals surface area contributed by atoms with Crippen molar-refractivity contribution in [2.45, 2.75) is 13.3 Å². The first kappa shape index (κ1) is 6.57. The molecule has 0 N–H and O–H groups in total. The highest BCUT2D eigenvalue weighted by molar-refractivity contribution is 4.90. The molecule has 1 heterocycles. The standard InChI is InChI=1S/C7H11NO/c1-2-6-4-9-5-7(6)3-8/h6-7H,2,4-5H2,1H3. The highest BCUT2D eigenvalue weighted by atomic mass is 16.5. The molecule has 1 rings (SSSR count). The number of ether oxygens (including phenoxy) is 1. The molecule has 9 heavy (non-hydrogen) atoms. The Balaban J connectivity index is 2.44. The first-order chi connectivity index (χ1) is 4.38. The smallest absolute Gasteiger partial charge is 0.0747 e. The minimum atomic E-state index is 0.162. The molecule has 0 amide bonds. The third-order valence-electron chi connectivity index (χ3n) is 1.89. The second-order valence-electron chi connectivity index (χ2n) is 2.44. The first-order valence-corrected chi connectivity index (χ1v) is 3.35. The minimum Gasteiger partial charge on any atom is -0.380 e. The third-order valence-corrected chi connectivity index (χ3v) is 1.89. The van der Waals surface area contributed by atoms with Gasteiger partial charge < -0.3 is 4.74 Å². The van der Waals surface area contributed by atoms with E-state index in [1.54, 1.807) is 0 Å². The van der Waals surface area contributed by atoms with Gasteiger partial charge in [-0.25, -0.2) is 0 Å². The van der Waals surface area contributed by atoms with Gasteiger partial charge in [-0.2, -0.15) is 5.26 Å². The molecular formula is C7H11NO. The molecule has 2 unspecified atom stereocenters. The summed E-state index contributed by atoms with van der Waals surface area (Å²) in [5.74, 6) is 0.657. The normalized spacial score (nSPS) is 34.2. The molecule has 0 aliphatic carbocycles. The van der Waals surface area contributed by atoms with Crippen molar-refractivity contribution in [3.8, 4) is 6.07 Å². The van der Waals surface area contributed by atoms with Crippen molar-refractivity contribution >= 4 is 0 Å². The van der Waals surface area contributed by atoms with Crippen molar-refractivity contribution in [1.82, 2.24) is 0 Å². The van der Waals surface area contributed by atoms with Crippen molar-refractivity contribution < 1.29 is 4.74 Å². The van der Waals surface area contributed by atoms with E-state index in [1.165, 1.54) is 0 Å². The van der Waals surface area contributed by atoms with Gasteiger partial charge in [0.25, 0.3) is 0 Å². The molecule has 0 spiro atoms. The van der Waals surface area contributed by atoms with Gasteiger partial charge in [0, 0.05) is 5.92 Å². The van der Waals surface area contributed by atoms with E-state index in [0.717, 1.165) is 13.0 Å². The van der Waals surface area contributed by atoms with Gasteiger partial charge in [0.1, 0.15) is 0 Å². The Kier molecular flexibility index (Phi) is 2.07. The third kappa shape index (κ3) is 1.22. The second-order valence-corrected chi connectivity index (χ2v) is 2.44. The van der Waals surface area contributed by atoms with Crippen LogP contribution in [0.15, 0.2) is 0 Å². The first-order valence-electron chi connectivity index (χ1n) is 3.35. The molecule has 0 aromatic carbocycles. The quantitative estimate of drug-likeness (QED) is 0.527. The minimum absolute atomic E-state index is 0.162. The van der Waals surface area contributed by atoms with Gasteiger partial charge in [0.05, 0.1) is 25.2 Å². The molecule has 2 nitrogen and oxygen atoms in total. The molecular weight excluding hydrogens is 114 g/mol. The summed E-state index contributed by atoms with van der Waals surface area (Å²) in [6.07, 6.45) is 1.07. The molecule has 0 radical (unpaired) electrons. The molecule has 1 aliphatic rings. The number of hydrogen-bond donors (Lipinski definition) is 0. The zero-order chi connectivity index (χ0) is 6.69. The zero-order valence-corrected chi connectivity index (χ0v) is 5.63. The van der Waals surface area contributed by atoms with E-state index in [-0.39, 0.29) is 5.92 Å². The fourth-order valence-electron chi connectivity index (χ4n) is 1.14. The highest BCUT2D eigenvalue weighted by Gasteiger charge is 2.25. The van der Waals surface area contributed by atoms with Gasteiger partial charge in [-0.3, -0.25) is 0 Å². The number of rotatable bonds is 1. The summed E-state index contributed by atoms with van der Waals surface area (Å²) < 4.78 is 5.13. The van der Waals surface area contributed by atoms with Crippen LogP contribution >= 0.6 is 0 Å². The van der Waals surface area contributed by atoms with E-state index in [4.69, 9.17) is 10.00 Å². The van der Waals surface area contributed by atoms with Crippen molar-refractivity contribution in [3.05, 3.63) is 0 Å². The Morgan fingerprint density at radius 2 is 2.44 bits per heavy atom. The van der Waals surface area contributed by atoms with Crippen LogP contribution in [-0.2, 0) is 4.74 Å². The fraction of sp³-hybridized carbons (Fsp3) is 0.857. The van der Waals surface area contributed by atoms with Gasteiger partial charge in [0.2, 0.25) is 0 Å². The monoisotopic (exact) mass is 125 g/mol. The van der Waals surface area contributed by atoms with Gasteiger partial charge in [-0.15, -0.1) is 0 Å². The van der Waals surface area contributed by atoms with Crippen LogP contribution in [0.4, 0.5) is 0 Å². The van der Waals surface area contributed by atoms with Crippen LogP contribution in [0.5, 0.6) is 0 Å². The lowest BCUT2D eigenvalue weighted by Crippen LogP contribution is -2.08. The van der Waals surface area contributed by atoms with Gasteiger partial charge in [0.15, 0.2) is 0 Å². The Morgan fingerprint density at radius 3 is 2.89 bits per heavy atom. The number of nitriles is 1. The van der Waals surface area contributed by atoms with Crippen molar-refractivity contribution in [1.29, 1.82) is 5.26 Å². The van der Waals surface area contributed by atoms with Gasteiger partial charge in [-0.05, 0) is 6.42 Å². The Hall–Kier alpha value is -0.550. The van der Waals surface area contributed by atoms with Crippen LogP contribution in [0.2, 0.25) is 0 Å². The largest absolute Gasteiger partial charge is 0.380 e. The Labute approximate surface area is 55.4 Å². The average Bonchev–Trinajstić information content (AvgIpc) is 2.33. The van der Waals surface area contributed by atoms with Crippen LogP contribution in [-0.4, -0.2) is 13.2 Å². The van der Waals surface area contributed by atoms with Crippen molar-refractivity contribution in [2.75, 3.05) is 13.2 Å². The predicted octanol–water partition coefficient (Wildman–Crippen LogP) is 1.18. The van der Waals surface area contributed by atoms with Crippen LogP contribution in [0.3, 0.4) is 0 Å². The van der Waals surface area contributed by atoms with E-state index in [0.29, 0.717) is 12.5 Å². The fourth-order valence-corrected chi connectivity index (χ4v) is 1.14.